The molecule has 0 heterocycles. The van der Waals surface area contributed by atoms with Gasteiger partial charge < -0.3 is 0 Å². The second-order valence-corrected chi connectivity index (χ2v) is 5.66. The highest BCUT2D eigenvalue weighted by atomic mass is 35.5. The molecule has 0 radical (unpaired) electrons. The number of hydrogen-bond donors (Lipinski definition) is 1. The zero-order chi connectivity index (χ0) is 12.9. The molecule has 1 unspecified atom stereocenters. The van der Waals surface area contributed by atoms with Crippen LogP contribution in [0.2, 0.25) is 5.02 Å². The summed E-state index contributed by atoms with van der Waals surface area (Å²) >= 11 is 5.89. The molecule has 0 bridgehead atoms. The van der Waals surface area contributed by atoms with E-state index in [0.29, 0.717) is 0 Å². The standard InChI is InChI=1S/C14H22ClNO/c1-5-6-13(16-17-14(2,3)4)11-7-9-12(15)10-8-11/h7-10,13,16H,5-6H2,1-4H3. The van der Waals surface area contributed by atoms with Crippen molar-refractivity contribution in [1.29, 1.82) is 0 Å². The molecule has 0 saturated carbocycles. The molecule has 96 valence electrons. The monoisotopic (exact) mass is 255 g/mol. The molecule has 0 fully saturated rings. The molecular formula is C14H22ClNO. The van der Waals surface area contributed by atoms with Crippen molar-refractivity contribution in [2.24, 2.45) is 0 Å². The van der Waals surface area contributed by atoms with E-state index in [-0.39, 0.29) is 11.6 Å². The molecule has 0 saturated heterocycles. The Hall–Kier alpha value is -0.570. The minimum absolute atomic E-state index is 0.182. The summed E-state index contributed by atoms with van der Waals surface area (Å²) in [7, 11) is 0. The van der Waals surface area contributed by atoms with Crippen LogP contribution in [0, 0.1) is 0 Å². The van der Waals surface area contributed by atoms with E-state index in [1.165, 1.54) is 5.56 Å². The van der Waals surface area contributed by atoms with Crippen LogP contribution >= 0.6 is 11.6 Å². The van der Waals surface area contributed by atoms with E-state index in [2.05, 4.69) is 12.4 Å². The molecule has 0 aliphatic carbocycles. The Labute approximate surface area is 109 Å². The zero-order valence-corrected chi connectivity index (χ0v) is 11.8. The van der Waals surface area contributed by atoms with Crippen molar-refractivity contribution in [3.63, 3.8) is 0 Å². The molecule has 0 amide bonds. The van der Waals surface area contributed by atoms with Crippen LogP contribution in [0.1, 0.15) is 52.1 Å². The minimum Gasteiger partial charge on any atom is -0.296 e. The van der Waals surface area contributed by atoms with Gasteiger partial charge >= 0.3 is 0 Å². The number of nitrogens with one attached hydrogen (secondary N) is 1. The SMILES string of the molecule is CCCC(NOC(C)(C)C)c1ccc(Cl)cc1. The first kappa shape index (κ1) is 14.5. The van der Waals surface area contributed by atoms with Crippen LogP contribution < -0.4 is 5.48 Å². The maximum absolute atomic E-state index is 5.89. The van der Waals surface area contributed by atoms with Gasteiger partial charge in [0.2, 0.25) is 0 Å². The van der Waals surface area contributed by atoms with Crippen molar-refractivity contribution in [1.82, 2.24) is 5.48 Å². The maximum atomic E-state index is 5.89. The molecule has 0 aromatic heterocycles. The fraction of sp³-hybridized carbons (Fsp3) is 0.571. The number of hydroxylamine groups is 1. The summed E-state index contributed by atoms with van der Waals surface area (Å²) in [5, 5.41) is 0.765. The topological polar surface area (TPSA) is 21.3 Å². The first-order valence-corrected chi connectivity index (χ1v) is 6.49. The summed E-state index contributed by atoms with van der Waals surface area (Å²) in [4.78, 5) is 5.65. The van der Waals surface area contributed by atoms with Gasteiger partial charge in [0.1, 0.15) is 0 Å². The van der Waals surface area contributed by atoms with Crippen LogP contribution in [-0.2, 0) is 4.84 Å². The summed E-state index contributed by atoms with van der Waals surface area (Å²) in [6.07, 6.45) is 2.14. The summed E-state index contributed by atoms with van der Waals surface area (Å²) < 4.78 is 0. The lowest BCUT2D eigenvalue weighted by Gasteiger charge is -2.25. The molecule has 1 aromatic rings. The first-order valence-electron chi connectivity index (χ1n) is 6.11. The summed E-state index contributed by atoms with van der Waals surface area (Å²) in [5.41, 5.74) is 4.18. The van der Waals surface area contributed by atoms with Crippen molar-refractivity contribution >= 4 is 11.6 Å². The highest BCUT2D eigenvalue weighted by Crippen LogP contribution is 2.21. The second-order valence-electron chi connectivity index (χ2n) is 5.23. The minimum atomic E-state index is -0.182. The predicted molar refractivity (Wildman–Crippen MR) is 73.1 cm³/mol. The second kappa shape index (κ2) is 6.39. The Morgan fingerprint density at radius 2 is 1.82 bits per heavy atom. The highest BCUT2D eigenvalue weighted by Gasteiger charge is 2.16. The van der Waals surface area contributed by atoms with Crippen LogP contribution in [0.15, 0.2) is 24.3 Å². The van der Waals surface area contributed by atoms with Gasteiger partial charge in [-0.15, -0.1) is 0 Å². The molecule has 17 heavy (non-hydrogen) atoms. The molecule has 1 rings (SSSR count). The van der Waals surface area contributed by atoms with Crippen molar-refractivity contribution in [2.45, 2.75) is 52.2 Å². The van der Waals surface area contributed by atoms with Crippen LogP contribution in [-0.4, -0.2) is 5.60 Å². The van der Waals surface area contributed by atoms with E-state index in [0.717, 1.165) is 17.9 Å². The molecular weight excluding hydrogens is 234 g/mol. The molecule has 0 aliphatic rings. The average Bonchev–Trinajstić information content (AvgIpc) is 2.24. The Morgan fingerprint density at radius 1 is 1.24 bits per heavy atom. The molecule has 3 heteroatoms. The van der Waals surface area contributed by atoms with Gasteiger partial charge in [-0.05, 0) is 44.9 Å². The molecule has 0 spiro atoms. The van der Waals surface area contributed by atoms with Gasteiger partial charge in [0.15, 0.2) is 0 Å². The van der Waals surface area contributed by atoms with Crippen LogP contribution in [0.5, 0.6) is 0 Å². The Morgan fingerprint density at radius 3 is 2.29 bits per heavy atom. The quantitative estimate of drug-likeness (QED) is 0.782. The average molecular weight is 256 g/mol. The van der Waals surface area contributed by atoms with Gasteiger partial charge in [-0.1, -0.05) is 37.1 Å². The molecule has 0 aliphatic heterocycles. The van der Waals surface area contributed by atoms with Gasteiger partial charge in [0.25, 0.3) is 0 Å². The third-order valence-corrected chi connectivity index (χ3v) is 2.61. The van der Waals surface area contributed by atoms with E-state index >= 15 is 0 Å². The predicted octanol–water partition coefficient (Wildman–Crippen LogP) is 4.50. The van der Waals surface area contributed by atoms with E-state index < -0.39 is 0 Å². The Kier molecular flexibility index (Phi) is 5.44. The lowest BCUT2D eigenvalue weighted by molar-refractivity contribution is -0.0902. The number of hydrogen-bond acceptors (Lipinski definition) is 2. The molecule has 1 atom stereocenters. The first-order chi connectivity index (χ1) is 7.92. The van der Waals surface area contributed by atoms with Crippen molar-refractivity contribution in [3.8, 4) is 0 Å². The molecule has 1 N–H and O–H groups in total. The van der Waals surface area contributed by atoms with Gasteiger partial charge in [-0.2, -0.15) is 5.48 Å². The van der Waals surface area contributed by atoms with Crippen molar-refractivity contribution in [3.05, 3.63) is 34.9 Å². The highest BCUT2D eigenvalue weighted by molar-refractivity contribution is 6.30. The van der Waals surface area contributed by atoms with Gasteiger partial charge in [-0.3, -0.25) is 4.84 Å². The maximum Gasteiger partial charge on any atom is 0.0813 e. The van der Waals surface area contributed by atoms with Gasteiger partial charge in [0, 0.05) is 5.02 Å². The summed E-state index contributed by atoms with van der Waals surface area (Å²) in [6.45, 7) is 8.27. The fourth-order valence-electron chi connectivity index (χ4n) is 1.53. The van der Waals surface area contributed by atoms with Crippen molar-refractivity contribution < 1.29 is 4.84 Å². The van der Waals surface area contributed by atoms with Crippen LogP contribution in [0.3, 0.4) is 0 Å². The van der Waals surface area contributed by atoms with Gasteiger partial charge in [-0.25, -0.2) is 0 Å². The van der Waals surface area contributed by atoms with Crippen LogP contribution in [0.4, 0.5) is 0 Å². The number of rotatable bonds is 5. The third kappa shape index (κ3) is 5.53. The van der Waals surface area contributed by atoms with E-state index in [4.69, 9.17) is 16.4 Å². The Bertz CT molecular complexity index is 329. The fourth-order valence-corrected chi connectivity index (χ4v) is 1.65. The summed E-state index contributed by atoms with van der Waals surface area (Å²) in [5.74, 6) is 0. The molecule has 1 aromatic carbocycles. The van der Waals surface area contributed by atoms with Crippen molar-refractivity contribution in [2.75, 3.05) is 0 Å². The largest absolute Gasteiger partial charge is 0.296 e. The van der Waals surface area contributed by atoms with E-state index in [1.807, 2.05) is 45.0 Å². The van der Waals surface area contributed by atoms with Gasteiger partial charge in [0.05, 0.1) is 11.6 Å². The van der Waals surface area contributed by atoms with Crippen LogP contribution in [0.25, 0.3) is 0 Å². The summed E-state index contributed by atoms with van der Waals surface area (Å²) in [6, 6.07) is 8.14. The zero-order valence-electron chi connectivity index (χ0n) is 11.1. The van der Waals surface area contributed by atoms with E-state index in [9.17, 15) is 0 Å². The number of halogens is 1. The normalized spacial score (nSPS) is 13.7. The smallest absolute Gasteiger partial charge is 0.0813 e. The lowest BCUT2D eigenvalue weighted by atomic mass is 10.0. The molecule has 2 nitrogen and oxygen atoms in total. The lowest BCUT2D eigenvalue weighted by Crippen LogP contribution is -2.32. The third-order valence-electron chi connectivity index (χ3n) is 2.36. The number of benzene rings is 1. The Balaban J connectivity index is 2.68. The van der Waals surface area contributed by atoms with E-state index in [1.54, 1.807) is 0 Å².